The molecule has 2 aromatic rings. The first-order valence-electron chi connectivity index (χ1n) is 8.19. The molecule has 3 fully saturated rings. The predicted molar refractivity (Wildman–Crippen MR) is 88.0 cm³/mol. The van der Waals surface area contributed by atoms with E-state index in [2.05, 4.69) is 47.1 Å². The standard InChI is InChI=1S/C19H22N2O/c1-14-2-4-15(5-3-14)17-10-18(12-20-11-17)22-19-13-21-8-6-16(19)7-9-21/h2-5,10-12,16,19H,6-9,13H2,1H3/t19-/m0/s1. The first-order valence-corrected chi connectivity index (χ1v) is 8.19. The Morgan fingerprint density at radius 2 is 1.82 bits per heavy atom. The highest BCUT2D eigenvalue weighted by atomic mass is 16.5. The summed E-state index contributed by atoms with van der Waals surface area (Å²) in [4.78, 5) is 6.89. The number of pyridine rings is 1. The van der Waals surface area contributed by atoms with Crippen LogP contribution in [0.25, 0.3) is 11.1 Å². The van der Waals surface area contributed by atoms with Crippen LogP contribution in [0.1, 0.15) is 18.4 Å². The normalized spacial score (nSPS) is 26.9. The Labute approximate surface area is 131 Å². The van der Waals surface area contributed by atoms with Crippen molar-refractivity contribution in [2.75, 3.05) is 19.6 Å². The third-order valence-electron chi connectivity index (χ3n) is 4.98. The molecule has 1 aromatic carbocycles. The molecule has 3 saturated heterocycles. The zero-order valence-electron chi connectivity index (χ0n) is 13.0. The Kier molecular flexibility index (Phi) is 3.59. The third-order valence-corrected chi connectivity index (χ3v) is 4.98. The topological polar surface area (TPSA) is 25.4 Å². The number of hydrogen-bond donors (Lipinski definition) is 0. The van der Waals surface area contributed by atoms with Crippen LogP contribution in [0.4, 0.5) is 0 Å². The van der Waals surface area contributed by atoms with Crippen molar-refractivity contribution in [1.82, 2.24) is 9.88 Å². The third kappa shape index (κ3) is 2.73. The Bertz CT molecular complexity index is 645. The highest BCUT2D eigenvalue weighted by molar-refractivity contribution is 5.64. The lowest BCUT2D eigenvalue weighted by molar-refractivity contribution is -0.00789. The van der Waals surface area contributed by atoms with Crippen molar-refractivity contribution in [3.63, 3.8) is 0 Å². The number of fused-ring (bicyclic) bond motifs is 3. The molecule has 0 amide bonds. The van der Waals surface area contributed by atoms with Crippen molar-refractivity contribution in [3.8, 4) is 16.9 Å². The van der Waals surface area contributed by atoms with Gasteiger partial charge in [0, 0.05) is 18.3 Å². The lowest BCUT2D eigenvalue weighted by Crippen LogP contribution is -2.52. The van der Waals surface area contributed by atoms with Crippen LogP contribution in [-0.4, -0.2) is 35.6 Å². The summed E-state index contributed by atoms with van der Waals surface area (Å²) >= 11 is 0. The molecule has 0 N–H and O–H groups in total. The number of hydrogen-bond acceptors (Lipinski definition) is 3. The van der Waals surface area contributed by atoms with Gasteiger partial charge in [0.05, 0.1) is 6.20 Å². The summed E-state index contributed by atoms with van der Waals surface area (Å²) < 4.78 is 6.27. The first-order chi connectivity index (χ1) is 10.8. The molecule has 3 nitrogen and oxygen atoms in total. The summed E-state index contributed by atoms with van der Waals surface area (Å²) in [5.41, 5.74) is 3.59. The summed E-state index contributed by atoms with van der Waals surface area (Å²) in [6.45, 7) is 5.66. The number of rotatable bonds is 3. The number of aryl methyl sites for hydroxylation is 1. The zero-order valence-corrected chi connectivity index (χ0v) is 13.0. The molecule has 22 heavy (non-hydrogen) atoms. The van der Waals surface area contributed by atoms with Crippen molar-refractivity contribution in [2.45, 2.75) is 25.9 Å². The second-order valence-electron chi connectivity index (χ2n) is 6.57. The summed E-state index contributed by atoms with van der Waals surface area (Å²) in [5.74, 6) is 1.62. The highest BCUT2D eigenvalue weighted by Crippen LogP contribution is 2.31. The average Bonchev–Trinajstić information content (AvgIpc) is 2.57. The maximum atomic E-state index is 6.27. The van der Waals surface area contributed by atoms with Crippen molar-refractivity contribution in [1.29, 1.82) is 0 Å². The van der Waals surface area contributed by atoms with E-state index in [-0.39, 0.29) is 0 Å². The van der Waals surface area contributed by atoms with Crippen molar-refractivity contribution in [2.24, 2.45) is 5.92 Å². The smallest absolute Gasteiger partial charge is 0.138 e. The zero-order chi connectivity index (χ0) is 14.9. The van der Waals surface area contributed by atoms with Gasteiger partial charge >= 0.3 is 0 Å². The first kappa shape index (κ1) is 13.8. The molecule has 1 aromatic heterocycles. The second kappa shape index (κ2) is 5.73. The Morgan fingerprint density at radius 1 is 1.05 bits per heavy atom. The molecule has 0 radical (unpaired) electrons. The number of piperidine rings is 3. The molecule has 2 bridgehead atoms. The van der Waals surface area contributed by atoms with Gasteiger partial charge in [0.15, 0.2) is 0 Å². The maximum Gasteiger partial charge on any atom is 0.138 e. The molecule has 3 aliphatic heterocycles. The van der Waals surface area contributed by atoms with Gasteiger partial charge in [-0.15, -0.1) is 0 Å². The molecule has 3 aliphatic rings. The van der Waals surface area contributed by atoms with Crippen LogP contribution in [0, 0.1) is 12.8 Å². The largest absolute Gasteiger partial charge is 0.487 e. The molecular weight excluding hydrogens is 272 g/mol. The monoisotopic (exact) mass is 294 g/mol. The fraction of sp³-hybridized carbons (Fsp3) is 0.421. The minimum Gasteiger partial charge on any atom is -0.487 e. The van der Waals surface area contributed by atoms with Gasteiger partial charge in [-0.25, -0.2) is 0 Å². The Hall–Kier alpha value is -1.87. The van der Waals surface area contributed by atoms with Crippen LogP contribution >= 0.6 is 0 Å². The minimum atomic E-state index is 0.331. The van der Waals surface area contributed by atoms with Crippen molar-refractivity contribution in [3.05, 3.63) is 48.3 Å². The van der Waals surface area contributed by atoms with E-state index < -0.39 is 0 Å². The SMILES string of the molecule is Cc1ccc(-c2cncc(O[C@H]3CN4CCC3CC4)c2)cc1. The molecule has 3 heteroatoms. The number of nitrogens with zero attached hydrogens (tertiary/aromatic N) is 2. The molecule has 0 unspecified atom stereocenters. The van der Waals surface area contributed by atoms with E-state index in [0.717, 1.165) is 17.9 Å². The lowest BCUT2D eigenvalue weighted by atomic mass is 9.86. The number of aromatic nitrogens is 1. The summed E-state index contributed by atoms with van der Waals surface area (Å²) in [7, 11) is 0. The van der Waals surface area contributed by atoms with Gasteiger partial charge in [-0.1, -0.05) is 29.8 Å². The molecule has 114 valence electrons. The van der Waals surface area contributed by atoms with E-state index in [9.17, 15) is 0 Å². The fourth-order valence-electron chi connectivity index (χ4n) is 3.61. The van der Waals surface area contributed by atoms with Gasteiger partial charge in [-0.05, 0) is 50.4 Å². The van der Waals surface area contributed by atoms with Crippen molar-refractivity contribution >= 4 is 0 Å². The van der Waals surface area contributed by atoms with Gasteiger partial charge in [0.1, 0.15) is 11.9 Å². The van der Waals surface area contributed by atoms with Crippen LogP contribution in [-0.2, 0) is 0 Å². The molecule has 1 atom stereocenters. The average molecular weight is 294 g/mol. The molecular formula is C19H22N2O. The van der Waals surface area contributed by atoms with Crippen LogP contribution in [0.5, 0.6) is 5.75 Å². The van der Waals surface area contributed by atoms with Gasteiger partial charge in [0.2, 0.25) is 0 Å². The Morgan fingerprint density at radius 3 is 2.50 bits per heavy atom. The minimum absolute atomic E-state index is 0.331. The lowest BCUT2D eigenvalue weighted by Gasteiger charge is -2.44. The van der Waals surface area contributed by atoms with E-state index >= 15 is 0 Å². The van der Waals surface area contributed by atoms with E-state index in [0.29, 0.717) is 12.0 Å². The molecule has 0 spiro atoms. The van der Waals surface area contributed by atoms with Gasteiger partial charge in [-0.2, -0.15) is 0 Å². The van der Waals surface area contributed by atoms with E-state index in [4.69, 9.17) is 4.74 Å². The van der Waals surface area contributed by atoms with E-state index in [1.165, 1.54) is 37.1 Å². The maximum absolute atomic E-state index is 6.27. The molecule has 0 saturated carbocycles. The van der Waals surface area contributed by atoms with Crippen LogP contribution in [0.2, 0.25) is 0 Å². The van der Waals surface area contributed by atoms with Gasteiger partial charge in [0.25, 0.3) is 0 Å². The number of ether oxygens (including phenoxy) is 1. The van der Waals surface area contributed by atoms with E-state index in [1.807, 2.05) is 12.4 Å². The summed E-state index contributed by atoms with van der Waals surface area (Å²) in [6, 6.07) is 10.7. The fourth-order valence-corrected chi connectivity index (χ4v) is 3.61. The summed E-state index contributed by atoms with van der Waals surface area (Å²) in [5, 5.41) is 0. The quantitative estimate of drug-likeness (QED) is 0.866. The van der Waals surface area contributed by atoms with Gasteiger partial charge < -0.3 is 4.74 Å². The van der Waals surface area contributed by atoms with Crippen LogP contribution in [0.15, 0.2) is 42.7 Å². The van der Waals surface area contributed by atoms with Crippen LogP contribution < -0.4 is 4.74 Å². The molecule has 0 aliphatic carbocycles. The second-order valence-corrected chi connectivity index (χ2v) is 6.57. The highest BCUT2D eigenvalue weighted by Gasteiger charge is 2.35. The van der Waals surface area contributed by atoms with Gasteiger partial charge in [-0.3, -0.25) is 9.88 Å². The molecule has 4 heterocycles. The van der Waals surface area contributed by atoms with Crippen LogP contribution in [0.3, 0.4) is 0 Å². The summed E-state index contributed by atoms with van der Waals surface area (Å²) in [6.07, 6.45) is 6.63. The molecule has 5 rings (SSSR count). The Balaban J connectivity index is 1.53. The predicted octanol–water partition coefficient (Wildman–Crippen LogP) is 3.53. The van der Waals surface area contributed by atoms with E-state index in [1.54, 1.807) is 0 Å². The van der Waals surface area contributed by atoms with Crippen molar-refractivity contribution < 1.29 is 4.74 Å². The number of benzene rings is 1.